The Balaban J connectivity index is 1.44. The number of carboxylic acid groups (broad SMARTS) is 1. The maximum atomic E-state index is 12.5. The SMILES string of the molecule is O=C(O)Cc1ccc(CCN2CCN(C(=O)c3ccc(Cl)cc3)CC2)cc1. The average molecular weight is 387 g/mol. The van der Waals surface area contributed by atoms with Crippen LogP contribution in [0, 0.1) is 0 Å². The summed E-state index contributed by atoms with van der Waals surface area (Å²) in [5.41, 5.74) is 2.69. The number of carbonyl (C=O) groups excluding carboxylic acids is 1. The fraction of sp³-hybridized carbons (Fsp3) is 0.333. The fourth-order valence-electron chi connectivity index (χ4n) is 3.24. The number of nitrogens with zero attached hydrogens (tertiary/aromatic N) is 2. The minimum Gasteiger partial charge on any atom is -0.481 e. The van der Waals surface area contributed by atoms with Crippen molar-refractivity contribution in [3.63, 3.8) is 0 Å². The van der Waals surface area contributed by atoms with Crippen LogP contribution in [0.4, 0.5) is 0 Å². The van der Waals surface area contributed by atoms with Crippen LogP contribution in [-0.2, 0) is 17.6 Å². The van der Waals surface area contributed by atoms with E-state index in [0.717, 1.165) is 44.7 Å². The zero-order valence-corrected chi connectivity index (χ0v) is 15.9. The van der Waals surface area contributed by atoms with E-state index in [9.17, 15) is 9.59 Å². The smallest absolute Gasteiger partial charge is 0.307 e. The number of hydrogen-bond donors (Lipinski definition) is 1. The summed E-state index contributed by atoms with van der Waals surface area (Å²) in [6.07, 6.45) is 0.975. The third-order valence-electron chi connectivity index (χ3n) is 4.85. The number of piperazine rings is 1. The van der Waals surface area contributed by atoms with Crippen molar-refractivity contribution in [3.8, 4) is 0 Å². The molecule has 1 fully saturated rings. The molecule has 1 aliphatic rings. The Morgan fingerprint density at radius 3 is 2.07 bits per heavy atom. The second kappa shape index (κ2) is 9.02. The molecule has 27 heavy (non-hydrogen) atoms. The van der Waals surface area contributed by atoms with Gasteiger partial charge in [0.1, 0.15) is 0 Å². The lowest BCUT2D eigenvalue weighted by molar-refractivity contribution is -0.136. The van der Waals surface area contributed by atoms with Gasteiger partial charge in [-0.3, -0.25) is 14.5 Å². The van der Waals surface area contributed by atoms with E-state index in [-0.39, 0.29) is 12.3 Å². The molecular weight excluding hydrogens is 364 g/mol. The van der Waals surface area contributed by atoms with Gasteiger partial charge in [-0.05, 0) is 41.8 Å². The first-order valence-electron chi connectivity index (χ1n) is 9.08. The summed E-state index contributed by atoms with van der Waals surface area (Å²) < 4.78 is 0. The number of rotatable bonds is 6. The van der Waals surface area contributed by atoms with Gasteiger partial charge in [0.25, 0.3) is 5.91 Å². The third kappa shape index (κ3) is 5.55. The summed E-state index contributed by atoms with van der Waals surface area (Å²) in [7, 11) is 0. The molecule has 142 valence electrons. The molecule has 0 aliphatic carbocycles. The zero-order valence-electron chi connectivity index (χ0n) is 15.1. The molecule has 1 aliphatic heterocycles. The lowest BCUT2D eigenvalue weighted by Crippen LogP contribution is -2.49. The molecule has 0 radical (unpaired) electrons. The zero-order chi connectivity index (χ0) is 19.2. The first kappa shape index (κ1) is 19.4. The van der Waals surface area contributed by atoms with E-state index in [1.807, 2.05) is 29.2 Å². The maximum Gasteiger partial charge on any atom is 0.307 e. The predicted octanol–water partition coefficient (Wildman–Crippen LogP) is 2.97. The first-order valence-corrected chi connectivity index (χ1v) is 9.46. The van der Waals surface area contributed by atoms with Gasteiger partial charge in [0.15, 0.2) is 0 Å². The van der Waals surface area contributed by atoms with Crippen molar-refractivity contribution in [2.75, 3.05) is 32.7 Å². The van der Waals surface area contributed by atoms with Gasteiger partial charge < -0.3 is 10.0 Å². The van der Waals surface area contributed by atoms with Crippen LogP contribution in [0.2, 0.25) is 5.02 Å². The number of benzene rings is 2. The van der Waals surface area contributed by atoms with Crippen LogP contribution in [0.1, 0.15) is 21.5 Å². The first-order chi connectivity index (χ1) is 13.0. The molecule has 0 spiro atoms. The monoisotopic (exact) mass is 386 g/mol. The summed E-state index contributed by atoms with van der Waals surface area (Å²) in [5, 5.41) is 9.45. The second-order valence-electron chi connectivity index (χ2n) is 6.78. The molecule has 0 aromatic heterocycles. The van der Waals surface area contributed by atoms with Gasteiger partial charge in [0.05, 0.1) is 6.42 Å². The largest absolute Gasteiger partial charge is 0.481 e. The lowest BCUT2D eigenvalue weighted by atomic mass is 10.1. The van der Waals surface area contributed by atoms with Crippen LogP contribution in [0.25, 0.3) is 0 Å². The maximum absolute atomic E-state index is 12.5. The predicted molar refractivity (Wildman–Crippen MR) is 105 cm³/mol. The highest BCUT2D eigenvalue weighted by atomic mass is 35.5. The highest BCUT2D eigenvalue weighted by Crippen LogP contribution is 2.14. The molecule has 2 aromatic carbocycles. The van der Waals surface area contributed by atoms with Gasteiger partial charge in [-0.1, -0.05) is 35.9 Å². The van der Waals surface area contributed by atoms with Crippen molar-refractivity contribution < 1.29 is 14.7 Å². The Hall–Kier alpha value is -2.37. The van der Waals surface area contributed by atoms with Crippen LogP contribution in [0.5, 0.6) is 0 Å². The molecule has 1 N–H and O–H groups in total. The molecule has 1 heterocycles. The molecule has 0 bridgehead atoms. The Bertz CT molecular complexity index is 782. The summed E-state index contributed by atoms with van der Waals surface area (Å²) in [5.74, 6) is -0.755. The second-order valence-corrected chi connectivity index (χ2v) is 7.21. The number of amides is 1. The topological polar surface area (TPSA) is 60.9 Å². The number of halogens is 1. The van der Waals surface area contributed by atoms with Crippen LogP contribution >= 0.6 is 11.6 Å². The normalized spacial score (nSPS) is 14.9. The number of hydrogen-bond acceptors (Lipinski definition) is 3. The van der Waals surface area contributed by atoms with Crippen molar-refractivity contribution in [1.29, 1.82) is 0 Å². The fourth-order valence-corrected chi connectivity index (χ4v) is 3.36. The molecule has 0 saturated carbocycles. The molecule has 1 amide bonds. The minimum absolute atomic E-state index is 0.0559. The average Bonchev–Trinajstić information content (AvgIpc) is 2.67. The Morgan fingerprint density at radius 1 is 0.889 bits per heavy atom. The third-order valence-corrected chi connectivity index (χ3v) is 5.10. The summed E-state index contributed by atoms with van der Waals surface area (Å²) in [4.78, 5) is 27.5. The van der Waals surface area contributed by atoms with Crippen molar-refractivity contribution in [2.45, 2.75) is 12.8 Å². The summed E-state index contributed by atoms with van der Waals surface area (Å²) in [6, 6.07) is 14.8. The molecule has 5 nitrogen and oxygen atoms in total. The van der Waals surface area contributed by atoms with Gasteiger partial charge in [-0.2, -0.15) is 0 Å². The van der Waals surface area contributed by atoms with E-state index in [4.69, 9.17) is 16.7 Å². The van der Waals surface area contributed by atoms with Crippen LogP contribution < -0.4 is 0 Å². The Labute approximate surface area is 164 Å². The molecule has 3 rings (SSSR count). The van der Waals surface area contributed by atoms with Gasteiger partial charge in [-0.25, -0.2) is 0 Å². The van der Waals surface area contributed by atoms with E-state index >= 15 is 0 Å². The van der Waals surface area contributed by atoms with Crippen molar-refractivity contribution in [1.82, 2.24) is 9.80 Å². The number of aliphatic carboxylic acids is 1. The van der Waals surface area contributed by atoms with E-state index in [1.165, 1.54) is 5.56 Å². The molecule has 2 aromatic rings. The summed E-state index contributed by atoms with van der Waals surface area (Å²) >= 11 is 5.88. The Morgan fingerprint density at radius 2 is 1.48 bits per heavy atom. The molecule has 0 atom stereocenters. The van der Waals surface area contributed by atoms with E-state index < -0.39 is 5.97 Å². The van der Waals surface area contributed by atoms with Crippen LogP contribution in [0.15, 0.2) is 48.5 Å². The molecule has 1 saturated heterocycles. The van der Waals surface area contributed by atoms with Gasteiger partial charge in [0, 0.05) is 43.3 Å². The van der Waals surface area contributed by atoms with Gasteiger partial charge in [-0.15, -0.1) is 0 Å². The lowest BCUT2D eigenvalue weighted by Gasteiger charge is -2.34. The van der Waals surface area contributed by atoms with E-state index in [0.29, 0.717) is 10.6 Å². The highest BCUT2D eigenvalue weighted by Gasteiger charge is 2.21. The standard InChI is InChI=1S/C21H23ClN2O3/c22-19-7-5-18(6-8-19)21(27)24-13-11-23(12-14-24)10-9-16-1-3-17(4-2-16)15-20(25)26/h1-8H,9-15H2,(H,25,26). The van der Waals surface area contributed by atoms with Gasteiger partial charge in [0.2, 0.25) is 0 Å². The van der Waals surface area contributed by atoms with E-state index in [2.05, 4.69) is 4.90 Å². The number of carboxylic acids is 1. The molecule has 6 heteroatoms. The van der Waals surface area contributed by atoms with Crippen molar-refractivity contribution in [2.24, 2.45) is 0 Å². The Kier molecular flexibility index (Phi) is 6.48. The quantitative estimate of drug-likeness (QED) is 0.829. The van der Waals surface area contributed by atoms with Crippen LogP contribution in [0.3, 0.4) is 0 Å². The number of carbonyl (C=O) groups is 2. The van der Waals surface area contributed by atoms with Gasteiger partial charge >= 0.3 is 5.97 Å². The van der Waals surface area contributed by atoms with Crippen LogP contribution in [-0.4, -0.2) is 59.5 Å². The minimum atomic E-state index is -0.811. The molecule has 0 unspecified atom stereocenters. The summed E-state index contributed by atoms with van der Waals surface area (Å²) in [6.45, 7) is 4.09. The van der Waals surface area contributed by atoms with Crippen molar-refractivity contribution >= 4 is 23.5 Å². The highest BCUT2D eigenvalue weighted by molar-refractivity contribution is 6.30. The molecular formula is C21H23ClN2O3. The van der Waals surface area contributed by atoms with Crippen molar-refractivity contribution in [3.05, 3.63) is 70.2 Å². The van der Waals surface area contributed by atoms with E-state index in [1.54, 1.807) is 24.3 Å².